The monoisotopic (exact) mass is 610 g/mol. The number of hydrogen-bond acceptors (Lipinski definition) is 0. The molecule has 0 heterocycles. The van der Waals surface area contributed by atoms with Crippen LogP contribution in [0.1, 0.15) is 32.6 Å². The Morgan fingerprint density at radius 3 is 1.50 bits per heavy atom. The zero-order chi connectivity index (χ0) is 27.1. The zero-order valence-corrected chi connectivity index (χ0v) is 27.1. The van der Waals surface area contributed by atoms with Crippen molar-refractivity contribution in [1.29, 1.82) is 0 Å². The second kappa shape index (κ2) is 2.67. The summed E-state index contributed by atoms with van der Waals surface area (Å²) < 4.78 is 0. The molecule has 0 aromatic carbocycles. The fraction of sp³-hybridized carbons (Fsp3) is 1.00. The van der Waals surface area contributed by atoms with Gasteiger partial charge in [-0.25, -0.2) is 0 Å². The van der Waals surface area contributed by atoms with Crippen molar-refractivity contribution in [2.24, 2.45) is 244 Å². The van der Waals surface area contributed by atoms with E-state index in [1.807, 2.05) is 25.7 Å². The summed E-state index contributed by atoms with van der Waals surface area (Å²) in [6.45, 7) is 3.19. The van der Waals surface area contributed by atoms with Gasteiger partial charge in [-0.1, -0.05) is 6.92 Å². The summed E-state index contributed by atoms with van der Waals surface area (Å²) in [4.78, 5) is 0. The molecule has 0 aromatic heterocycles. The van der Waals surface area contributed by atoms with Gasteiger partial charge in [0.25, 0.3) is 0 Å². The Labute approximate surface area is 276 Å². The van der Waals surface area contributed by atoms with Crippen molar-refractivity contribution >= 4 is 0 Å². The number of hydrogen-bond donors (Lipinski definition) is 0. The van der Waals surface area contributed by atoms with Gasteiger partial charge < -0.3 is 0 Å². The maximum atomic E-state index is 3.19. The predicted octanol–water partition coefficient (Wildman–Crippen LogP) is 4.90. The molecule has 0 bridgehead atoms. The quantitative estimate of drug-likeness (QED) is 0.366. The molecule has 0 amide bonds. The van der Waals surface area contributed by atoms with Gasteiger partial charge in [0.1, 0.15) is 0 Å². The molecule has 32 rings (SSSR count). The van der Waals surface area contributed by atoms with Crippen molar-refractivity contribution in [2.75, 3.05) is 0 Å². The van der Waals surface area contributed by atoms with Crippen LogP contribution in [0, 0.1) is 244 Å². The van der Waals surface area contributed by atoms with E-state index in [1.54, 1.807) is 0 Å². The van der Waals surface area contributed by atoms with Crippen LogP contribution in [-0.2, 0) is 0 Å². The van der Waals surface area contributed by atoms with Gasteiger partial charge in [-0.15, -0.1) is 0 Å². The molecule has 0 aromatic rings. The van der Waals surface area contributed by atoms with Crippen LogP contribution >= 0.6 is 0 Å². The molecule has 0 heteroatoms. The minimum absolute atomic E-state index is 0.929. The zero-order valence-electron chi connectivity index (χ0n) is 27.1. The number of rotatable bonds is 0. The van der Waals surface area contributed by atoms with Crippen molar-refractivity contribution in [1.82, 2.24) is 0 Å². The van der Waals surface area contributed by atoms with Gasteiger partial charge in [0.05, 0.1) is 0 Å². The summed E-state index contributed by atoms with van der Waals surface area (Å²) in [5.41, 5.74) is 21.5. The Balaban J connectivity index is 0.895. The van der Waals surface area contributed by atoms with Crippen LogP contribution in [0.4, 0.5) is 0 Å². The lowest BCUT2D eigenvalue weighted by Gasteiger charge is -3.54. The summed E-state index contributed by atoms with van der Waals surface area (Å²) in [5, 5.41) is 0. The van der Waals surface area contributed by atoms with Crippen LogP contribution in [0.15, 0.2) is 0 Å². The van der Waals surface area contributed by atoms with Crippen LogP contribution in [-0.4, -0.2) is 0 Å². The molecular weight excluding hydrogens is 577 g/mol. The fourth-order valence-corrected chi connectivity index (χ4v) is 49.7. The molecule has 0 N–H and O–H groups in total. The highest BCUT2D eigenvalue weighted by Crippen LogP contribution is 3.58. The summed E-state index contributed by atoms with van der Waals surface area (Å²) in [5.74, 6) is 31.6. The minimum atomic E-state index is 0.929. The second-order valence-electron chi connectivity index (χ2n) is 30.5. The summed E-state index contributed by atoms with van der Waals surface area (Å²) >= 11 is 0. The molecule has 0 saturated heterocycles. The standard InChI is InChI=1S/C48H34/c1-29-7-2-6-14-15-16-8-3-9-20-19-11-5-13-22-24-23-21-12-4-10-18-17(7)39(29)42(18)31(10,12)40(21)35(23)27-37(25(14)33(6,29)47(37,39)45(27,40)42)38-26(15)34(16)30(8,9)44(20)43(19)32(11,13)41(22)36(24,35)28(38)46(41,43)48(34,38)44/h6-28H,2-5H2,1H3. The van der Waals surface area contributed by atoms with Crippen LogP contribution < -0.4 is 0 Å². The fourth-order valence-electron chi connectivity index (χ4n) is 49.7. The third kappa shape index (κ3) is 0.404. The van der Waals surface area contributed by atoms with E-state index in [9.17, 15) is 0 Å². The lowest BCUT2D eigenvalue weighted by molar-refractivity contribution is -1.10. The van der Waals surface area contributed by atoms with Crippen LogP contribution in [0.25, 0.3) is 0 Å². The highest BCUT2D eigenvalue weighted by molar-refractivity contribution is 6.01. The first-order chi connectivity index (χ1) is 23.7. The molecule has 19 spiro atoms. The third-order valence-corrected chi connectivity index (χ3v) is 40.0. The van der Waals surface area contributed by atoms with E-state index in [1.165, 1.54) is 136 Å². The molecule has 32 aliphatic rings. The molecule has 32 aliphatic carbocycles. The molecule has 43 unspecified atom stereocenters. The van der Waals surface area contributed by atoms with Gasteiger partial charge in [0.2, 0.25) is 0 Å². The minimum Gasteiger partial charge on any atom is -0.0582 e. The first-order valence-electron chi connectivity index (χ1n) is 23.7. The van der Waals surface area contributed by atoms with Crippen LogP contribution in [0.3, 0.4) is 0 Å². The maximum Gasteiger partial charge on any atom is -0.00190 e. The molecule has 0 aliphatic heterocycles. The highest BCUT2D eigenvalue weighted by atomic mass is 15.6. The maximum absolute atomic E-state index is 3.19. The Bertz CT molecular complexity index is 2930. The summed E-state index contributed by atoms with van der Waals surface area (Å²) in [7, 11) is 0. The van der Waals surface area contributed by atoms with Crippen LogP contribution in [0.5, 0.6) is 0 Å². The SMILES string of the molecule is CC12C3CC4C5C6C7C8CC9C%10C%11C%12CC%13C%14C%15C%16C%17C%18CC%19C%20C3C13C%201C%18%19C%17%18C%16%17C%16C%19(C5C42C%193C%16%181)C12C6C73C89C%104C%115C%13%12C%146C%15%17C1C65C324. The van der Waals surface area contributed by atoms with E-state index in [4.69, 9.17) is 0 Å². The Morgan fingerprint density at radius 2 is 0.812 bits per heavy atom. The average Bonchev–Trinajstić information content (AvgIpc) is 3.09. The van der Waals surface area contributed by atoms with Gasteiger partial charge >= 0.3 is 0 Å². The van der Waals surface area contributed by atoms with Crippen molar-refractivity contribution < 1.29 is 0 Å². The molecule has 226 valence electrons. The second-order valence-corrected chi connectivity index (χ2v) is 30.5. The molecule has 32 fully saturated rings. The molecule has 48 heavy (non-hydrogen) atoms. The largest absolute Gasteiger partial charge is 0.0582 e. The third-order valence-electron chi connectivity index (χ3n) is 40.0. The first kappa shape index (κ1) is 17.0. The smallest absolute Gasteiger partial charge is 0.00190 e. The Hall–Kier alpha value is 0. The van der Waals surface area contributed by atoms with E-state index in [-0.39, 0.29) is 0 Å². The molecule has 0 radical (unpaired) electrons. The normalized spacial score (nSPS) is 134. The van der Waals surface area contributed by atoms with E-state index >= 15 is 0 Å². The van der Waals surface area contributed by atoms with Gasteiger partial charge in [0, 0.05) is 0 Å². The van der Waals surface area contributed by atoms with Gasteiger partial charge in [-0.2, -0.15) is 0 Å². The van der Waals surface area contributed by atoms with Crippen molar-refractivity contribution in [3.63, 3.8) is 0 Å². The van der Waals surface area contributed by atoms with Crippen molar-refractivity contribution in [3.8, 4) is 0 Å². The van der Waals surface area contributed by atoms with Crippen molar-refractivity contribution in [2.45, 2.75) is 32.6 Å². The van der Waals surface area contributed by atoms with Gasteiger partial charge in [-0.3, -0.25) is 0 Å². The van der Waals surface area contributed by atoms with Crippen molar-refractivity contribution in [3.05, 3.63) is 0 Å². The lowest BCUT2D eigenvalue weighted by Crippen LogP contribution is -3.53. The Morgan fingerprint density at radius 1 is 0.312 bits per heavy atom. The molecule has 0 nitrogen and oxygen atoms in total. The van der Waals surface area contributed by atoms with E-state index in [2.05, 4.69) is 6.92 Å². The van der Waals surface area contributed by atoms with E-state index in [0.29, 0.717) is 0 Å². The average molecular weight is 611 g/mol. The summed E-state index contributed by atoms with van der Waals surface area (Å²) in [6, 6.07) is 0. The lowest BCUT2D eigenvalue weighted by atomic mass is 8.48. The topological polar surface area (TPSA) is 0 Å². The molecule has 32 saturated carbocycles. The highest BCUT2D eigenvalue weighted by Gasteiger charge is 3.56. The van der Waals surface area contributed by atoms with E-state index in [0.717, 1.165) is 108 Å². The number of fused-ring (bicyclic) bond motifs is 15. The molecule has 43 atom stereocenters. The Kier molecular flexibility index (Phi) is 0.945. The summed E-state index contributed by atoms with van der Waals surface area (Å²) in [6.07, 6.45) is 7.36. The van der Waals surface area contributed by atoms with Gasteiger partial charge in [0.15, 0.2) is 0 Å². The van der Waals surface area contributed by atoms with E-state index < -0.39 is 0 Å². The predicted molar refractivity (Wildman–Crippen MR) is 153 cm³/mol. The molecular formula is C48H34. The van der Waals surface area contributed by atoms with Crippen LogP contribution in [0.2, 0.25) is 0 Å². The first-order valence-corrected chi connectivity index (χ1v) is 23.7. The van der Waals surface area contributed by atoms with Gasteiger partial charge in [-0.05, 0) is 270 Å².